The summed E-state index contributed by atoms with van der Waals surface area (Å²) in [6.07, 6.45) is 4.38. The zero-order chi connectivity index (χ0) is 15.0. The Balaban J connectivity index is 1.91. The Morgan fingerprint density at radius 2 is 2.05 bits per heavy atom. The fraction of sp³-hybridized carbons (Fsp3) is 0.611. The molecule has 1 aliphatic heterocycles. The van der Waals surface area contributed by atoms with E-state index in [1.807, 2.05) is 18.0 Å². The van der Waals surface area contributed by atoms with E-state index in [1.54, 1.807) is 0 Å². The maximum absolute atomic E-state index is 13.1. The lowest BCUT2D eigenvalue weighted by atomic mass is 9.80. The van der Waals surface area contributed by atoms with Crippen LogP contribution in [0.2, 0.25) is 0 Å². The van der Waals surface area contributed by atoms with E-state index in [-0.39, 0.29) is 11.3 Å². The predicted octanol–water partition coefficient (Wildman–Crippen LogP) is 3.51. The number of benzene rings is 1. The molecule has 2 atom stereocenters. The van der Waals surface area contributed by atoms with E-state index in [0.29, 0.717) is 11.9 Å². The van der Waals surface area contributed by atoms with E-state index in [9.17, 15) is 4.79 Å². The lowest BCUT2D eigenvalue weighted by Crippen LogP contribution is -2.44. The topological polar surface area (TPSA) is 32.3 Å². The van der Waals surface area contributed by atoms with Gasteiger partial charge in [0, 0.05) is 24.2 Å². The lowest BCUT2D eigenvalue weighted by molar-refractivity contribution is -0.125. The number of nitrogens with one attached hydrogen (secondary N) is 1. The van der Waals surface area contributed by atoms with E-state index in [0.717, 1.165) is 31.5 Å². The average Bonchev–Trinajstić information content (AvgIpc) is 2.85. The quantitative estimate of drug-likeness (QED) is 0.902. The molecule has 114 valence electrons. The van der Waals surface area contributed by atoms with Crippen molar-refractivity contribution in [3.63, 3.8) is 0 Å². The summed E-state index contributed by atoms with van der Waals surface area (Å²) in [5.74, 6) is 0.510. The molecule has 1 saturated carbocycles. The first-order chi connectivity index (χ1) is 10.0. The molecule has 3 nitrogen and oxygen atoms in total. The van der Waals surface area contributed by atoms with Crippen molar-refractivity contribution < 1.29 is 4.79 Å². The number of fused-ring (bicyclic) bond motifs is 1. The van der Waals surface area contributed by atoms with Crippen LogP contribution in [-0.2, 0) is 4.79 Å². The first-order valence-corrected chi connectivity index (χ1v) is 8.12. The Labute approximate surface area is 127 Å². The Kier molecular flexibility index (Phi) is 3.78. The zero-order valence-electron chi connectivity index (χ0n) is 13.4. The Bertz CT molecular complexity index is 538. The first-order valence-electron chi connectivity index (χ1n) is 8.12. The van der Waals surface area contributed by atoms with Gasteiger partial charge >= 0.3 is 0 Å². The molecule has 0 bridgehead atoms. The molecule has 21 heavy (non-hydrogen) atoms. The van der Waals surface area contributed by atoms with Gasteiger partial charge in [0.2, 0.25) is 5.91 Å². The fourth-order valence-electron chi connectivity index (χ4n) is 4.06. The molecule has 2 unspecified atom stereocenters. The van der Waals surface area contributed by atoms with Gasteiger partial charge in [-0.3, -0.25) is 4.79 Å². The number of carbonyl (C=O) groups is 1. The molecule has 1 aromatic rings. The standard InChI is InChI=1S/C18H26N2O/c1-18(2)11-6-8-14(18)17(21)20-12-10-15(19-3)13-7-4-5-9-16(13)20/h4-5,7,9,14-15,19H,6,8,10-12H2,1-3H3. The molecular formula is C18H26N2O. The monoisotopic (exact) mass is 286 g/mol. The van der Waals surface area contributed by atoms with Crippen LogP contribution in [0.3, 0.4) is 0 Å². The number of hydrogen-bond acceptors (Lipinski definition) is 2. The van der Waals surface area contributed by atoms with Gasteiger partial charge < -0.3 is 10.2 Å². The van der Waals surface area contributed by atoms with Gasteiger partial charge in [-0.15, -0.1) is 0 Å². The fourth-order valence-corrected chi connectivity index (χ4v) is 4.06. The second-order valence-corrected chi connectivity index (χ2v) is 7.11. The van der Waals surface area contributed by atoms with Crippen LogP contribution in [0.1, 0.15) is 51.1 Å². The van der Waals surface area contributed by atoms with Crippen molar-refractivity contribution in [3.8, 4) is 0 Å². The smallest absolute Gasteiger partial charge is 0.230 e. The molecule has 2 aliphatic rings. The van der Waals surface area contributed by atoms with Gasteiger partial charge in [-0.25, -0.2) is 0 Å². The number of carbonyl (C=O) groups excluding carboxylic acids is 1. The molecule has 1 aliphatic carbocycles. The highest BCUT2D eigenvalue weighted by atomic mass is 16.2. The highest BCUT2D eigenvalue weighted by Gasteiger charge is 2.42. The maximum atomic E-state index is 13.1. The summed E-state index contributed by atoms with van der Waals surface area (Å²) in [5, 5.41) is 3.37. The molecule has 1 N–H and O–H groups in total. The van der Waals surface area contributed by atoms with E-state index in [1.165, 1.54) is 12.0 Å². The largest absolute Gasteiger partial charge is 0.313 e. The van der Waals surface area contributed by atoms with Gasteiger partial charge in [-0.2, -0.15) is 0 Å². The van der Waals surface area contributed by atoms with Gasteiger partial charge in [0.15, 0.2) is 0 Å². The third kappa shape index (κ3) is 2.48. The van der Waals surface area contributed by atoms with Crippen molar-refractivity contribution in [2.75, 3.05) is 18.5 Å². The minimum atomic E-state index is 0.145. The number of para-hydroxylation sites is 1. The van der Waals surface area contributed by atoms with Gasteiger partial charge in [-0.1, -0.05) is 38.5 Å². The summed E-state index contributed by atoms with van der Waals surface area (Å²) in [6, 6.07) is 8.71. The average molecular weight is 286 g/mol. The molecule has 1 amide bonds. The van der Waals surface area contributed by atoms with Crippen molar-refractivity contribution in [2.24, 2.45) is 11.3 Å². The molecule has 1 heterocycles. The van der Waals surface area contributed by atoms with Crippen LogP contribution in [0, 0.1) is 11.3 Å². The highest BCUT2D eigenvalue weighted by Crippen LogP contribution is 2.45. The van der Waals surface area contributed by atoms with Crippen LogP contribution in [0.15, 0.2) is 24.3 Å². The van der Waals surface area contributed by atoms with E-state index in [2.05, 4.69) is 37.4 Å². The molecule has 0 aromatic heterocycles. The van der Waals surface area contributed by atoms with Crippen LogP contribution >= 0.6 is 0 Å². The summed E-state index contributed by atoms with van der Waals surface area (Å²) in [4.78, 5) is 15.1. The number of amides is 1. The summed E-state index contributed by atoms with van der Waals surface area (Å²) in [5.41, 5.74) is 2.51. The van der Waals surface area contributed by atoms with Crippen molar-refractivity contribution in [1.82, 2.24) is 5.32 Å². The van der Waals surface area contributed by atoms with E-state index >= 15 is 0 Å². The van der Waals surface area contributed by atoms with Crippen molar-refractivity contribution >= 4 is 11.6 Å². The van der Waals surface area contributed by atoms with Crippen LogP contribution in [0.4, 0.5) is 5.69 Å². The molecule has 1 fully saturated rings. The van der Waals surface area contributed by atoms with Gasteiger partial charge in [0.1, 0.15) is 0 Å². The van der Waals surface area contributed by atoms with Crippen LogP contribution in [-0.4, -0.2) is 19.5 Å². The van der Waals surface area contributed by atoms with Crippen LogP contribution < -0.4 is 10.2 Å². The van der Waals surface area contributed by atoms with Gasteiger partial charge in [0.25, 0.3) is 0 Å². The second-order valence-electron chi connectivity index (χ2n) is 7.11. The SMILES string of the molecule is CNC1CCN(C(=O)C2CCCC2(C)C)c2ccccc21. The minimum Gasteiger partial charge on any atom is -0.313 e. The summed E-state index contributed by atoms with van der Waals surface area (Å²) in [6.45, 7) is 5.32. The molecule has 0 saturated heterocycles. The Morgan fingerprint density at radius 3 is 2.71 bits per heavy atom. The van der Waals surface area contributed by atoms with E-state index in [4.69, 9.17) is 0 Å². The van der Waals surface area contributed by atoms with Crippen molar-refractivity contribution in [2.45, 2.75) is 45.6 Å². The second kappa shape index (κ2) is 5.45. The normalized spacial score (nSPS) is 27.5. The minimum absolute atomic E-state index is 0.145. The number of nitrogens with zero attached hydrogens (tertiary/aromatic N) is 1. The predicted molar refractivity (Wildman–Crippen MR) is 86.3 cm³/mol. The van der Waals surface area contributed by atoms with Crippen LogP contribution in [0.25, 0.3) is 0 Å². The van der Waals surface area contributed by atoms with Crippen molar-refractivity contribution in [3.05, 3.63) is 29.8 Å². The number of hydrogen-bond donors (Lipinski definition) is 1. The number of anilines is 1. The Morgan fingerprint density at radius 1 is 1.29 bits per heavy atom. The number of rotatable bonds is 2. The molecular weight excluding hydrogens is 260 g/mol. The lowest BCUT2D eigenvalue weighted by Gasteiger charge is -2.38. The zero-order valence-corrected chi connectivity index (χ0v) is 13.4. The van der Waals surface area contributed by atoms with Gasteiger partial charge in [-0.05, 0) is 43.4 Å². The first kappa shape index (κ1) is 14.6. The summed E-state index contributed by atoms with van der Waals surface area (Å²) in [7, 11) is 2.00. The maximum Gasteiger partial charge on any atom is 0.230 e. The Hall–Kier alpha value is -1.35. The highest BCUT2D eigenvalue weighted by molar-refractivity contribution is 5.97. The molecule has 1 aromatic carbocycles. The van der Waals surface area contributed by atoms with Crippen LogP contribution in [0.5, 0.6) is 0 Å². The summed E-state index contributed by atoms with van der Waals surface area (Å²) < 4.78 is 0. The third-order valence-electron chi connectivity index (χ3n) is 5.41. The molecule has 3 heteroatoms. The molecule has 0 radical (unpaired) electrons. The van der Waals surface area contributed by atoms with E-state index < -0.39 is 0 Å². The van der Waals surface area contributed by atoms with Crippen molar-refractivity contribution in [1.29, 1.82) is 0 Å². The molecule has 0 spiro atoms. The summed E-state index contributed by atoms with van der Waals surface area (Å²) >= 11 is 0. The third-order valence-corrected chi connectivity index (χ3v) is 5.41. The molecule has 3 rings (SSSR count). The van der Waals surface area contributed by atoms with Gasteiger partial charge in [0.05, 0.1) is 0 Å².